The zero-order chi connectivity index (χ0) is 26.6. The lowest BCUT2D eigenvalue weighted by molar-refractivity contribution is 0.0748. The largest absolute Gasteiger partial charge is 0.384 e. The third-order valence-electron chi connectivity index (χ3n) is 5.04. The van der Waals surface area contributed by atoms with Crippen molar-refractivity contribution in [3.05, 3.63) is 89.0 Å². The van der Waals surface area contributed by atoms with Gasteiger partial charge in [-0.15, -0.1) is 0 Å². The molecule has 0 spiro atoms. The van der Waals surface area contributed by atoms with Gasteiger partial charge >= 0.3 is 16.1 Å². The van der Waals surface area contributed by atoms with Gasteiger partial charge in [-0.05, 0) is 53.6 Å². The van der Waals surface area contributed by atoms with E-state index < -0.39 is 27.9 Å². The number of anilines is 1. The number of carbonyl (C=O) groups is 3. The van der Waals surface area contributed by atoms with Crippen LogP contribution in [0.4, 0.5) is 5.69 Å². The Kier molecular flexibility index (Phi) is 7.54. The van der Waals surface area contributed by atoms with Gasteiger partial charge in [0.25, 0.3) is 11.8 Å². The van der Waals surface area contributed by atoms with Gasteiger partial charge in [-0.1, -0.05) is 24.3 Å². The van der Waals surface area contributed by atoms with Crippen molar-refractivity contribution in [2.45, 2.75) is 0 Å². The Morgan fingerprint density at radius 3 is 2.06 bits per heavy atom. The molecule has 11 heteroatoms. The molecular weight excluding hydrogens is 484 g/mol. The van der Waals surface area contributed by atoms with Crippen LogP contribution in [0.1, 0.15) is 36.6 Å². The molecule has 186 valence electrons. The molecule has 0 radical (unpaired) electrons. The molecule has 0 saturated carbocycles. The van der Waals surface area contributed by atoms with Gasteiger partial charge in [-0.3, -0.25) is 15.0 Å². The van der Waals surface area contributed by atoms with E-state index in [9.17, 15) is 22.8 Å². The Morgan fingerprint density at radius 2 is 1.47 bits per heavy atom. The first kappa shape index (κ1) is 26.1. The third-order valence-corrected chi connectivity index (χ3v) is 5.49. The maximum Gasteiger partial charge on any atom is 0.354 e. The van der Waals surface area contributed by atoms with Gasteiger partial charge in [0.05, 0.1) is 11.8 Å². The monoisotopic (exact) mass is 508 g/mol. The van der Waals surface area contributed by atoms with Crippen LogP contribution in [0.2, 0.25) is 0 Å². The van der Waals surface area contributed by atoms with Crippen molar-refractivity contribution in [2.24, 2.45) is 5.73 Å². The summed E-state index contributed by atoms with van der Waals surface area (Å²) in [6.45, 7) is 0. The lowest BCUT2D eigenvalue weighted by Crippen LogP contribution is -2.22. The summed E-state index contributed by atoms with van der Waals surface area (Å²) < 4.78 is 27.8. The molecule has 36 heavy (non-hydrogen) atoms. The predicted molar refractivity (Wildman–Crippen MR) is 136 cm³/mol. The van der Waals surface area contributed by atoms with E-state index in [4.69, 9.17) is 11.1 Å². The quantitative estimate of drug-likeness (QED) is 0.251. The van der Waals surface area contributed by atoms with Gasteiger partial charge in [0.2, 0.25) is 0 Å². The van der Waals surface area contributed by atoms with E-state index in [1.54, 1.807) is 48.5 Å². The standard InChI is InChI=1S/C25H24N4O6S/c1-29(2)24(31)16-10-13-19(21(14-16)25(32)35-36(3,33)34)18-6-4-5-7-20(18)23(30)28-17-11-8-15(9-12-17)22(26)27/h4-14H,1-3H3,(H3,26,27)(H,28,30). The van der Waals surface area contributed by atoms with Crippen LogP contribution in [0.3, 0.4) is 0 Å². The fourth-order valence-electron chi connectivity index (χ4n) is 3.37. The van der Waals surface area contributed by atoms with Crippen LogP contribution >= 0.6 is 0 Å². The van der Waals surface area contributed by atoms with Gasteiger partial charge in [0.15, 0.2) is 0 Å². The summed E-state index contributed by atoms with van der Waals surface area (Å²) in [6, 6.07) is 16.9. The van der Waals surface area contributed by atoms with E-state index in [0.717, 1.165) is 6.26 Å². The minimum Gasteiger partial charge on any atom is -0.384 e. The van der Waals surface area contributed by atoms with Crippen molar-refractivity contribution in [3.8, 4) is 11.1 Å². The second-order valence-electron chi connectivity index (χ2n) is 8.03. The molecule has 0 aromatic heterocycles. The summed E-state index contributed by atoms with van der Waals surface area (Å²) in [5.41, 5.74) is 7.06. The molecule has 0 atom stereocenters. The first-order chi connectivity index (χ1) is 16.9. The maximum absolute atomic E-state index is 13.2. The summed E-state index contributed by atoms with van der Waals surface area (Å²) in [6.07, 6.45) is 0.734. The lowest BCUT2D eigenvalue weighted by Gasteiger charge is -2.16. The Labute approximate surface area is 208 Å². The van der Waals surface area contributed by atoms with Crippen LogP contribution in [0.15, 0.2) is 66.7 Å². The highest BCUT2D eigenvalue weighted by Gasteiger charge is 2.24. The van der Waals surface area contributed by atoms with E-state index in [2.05, 4.69) is 9.50 Å². The summed E-state index contributed by atoms with van der Waals surface area (Å²) in [7, 11) is -1.07. The molecule has 3 aromatic rings. The molecule has 0 aliphatic carbocycles. The van der Waals surface area contributed by atoms with Gasteiger partial charge in [-0.2, -0.15) is 8.42 Å². The molecule has 0 unspecified atom stereocenters. The van der Waals surface area contributed by atoms with Crippen molar-refractivity contribution >= 4 is 39.4 Å². The molecule has 0 aliphatic heterocycles. The molecule has 0 heterocycles. The molecule has 3 rings (SSSR count). The van der Waals surface area contributed by atoms with Crippen LogP contribution in [0, 0.1) is 5.41 Å². The zero-order valence-corrected chi connectivity index (χ0v) is 20.5. The molecule has 0 fully saturated rings. The number of hydrogen-bond acceptors (Lipinski definition) is 7. The molecule has 4 N–H and O–H groups in total. The Bertz CT molecular complexity index is 1460. The second-order valence-corrected chi connectivity index (χ2v) is 9.60. The van der Waals surface area contributed by atoms with E-state index in [0.29, 0.717) is 16.8 Å². The minimum absolute atomic E-state index is 0.108. The van der Waals surface area contributed by atoms with Crippen molar-refractivity contribution in [1.82, 2.24) is 4.90 Å². The molecule has 0 aliphatic rings. The number of amidine groups is 1. The van der Waals surface area contributed by atoms with Crippen molar-refractivity contribution < 1.29 is 27.0 Å². The zero-order valence-electron chi connectivity index (χ0n) is 19.7. The fourth-order valence-corrected chi connectivity index (χ4v) is 3.73. The van der Waals surface area contributed by atoms with Crippen molar-refractivity contribution in [2.75, 3.05) is 25.7 Å². The van der Waals surface area contributed by atoms with Crippen LogP contribution in [0.5, 0.6) is 0 Å². The topological polar surface area (TPSA) is 160 Å². The summed E-state index contributed by atoms with van der Waals surface area (Å²) in [4.78, 5) is 39.7. The minimum atomic E-state index is -4.14. The van der Waals surface area contributed by atoms with Crippen LogP contribution in [0.25, 0.3) is 11.1 Å². The smallest absolute Gasteiger partial charge is 0.354 e. The lowest BCUT2D eigenvalue weighted by atomic mass is 9.93. The average molecular weight is 509 g/mol. The summed E-state index contributed by atoms with van der Waals surface area (Å²) in [5.74, 6) is -2.20. The van der Waals surface area contributed by atoms with Gasteiger partial charge in [0, 0.05) is 36.5 Å². The van der Waals surface area contributed by atoms with E-state index in [1.165, 1.54) is 37.2 Å². The van der Waals surface area contributed by atoms with Gasteiger partial charge < -0.3 is 20.1 Å². The highest BCUT2D eigenvalue weighted by Crippen LogP contribution is 2.30. The molecule has 0 saturated heterocycles. The Hall–Kier alpha value is -4.51. The number of nitrogens with one attached hydrogen (secondary N) is 2. The number of rotatable bonds is 7. The van der Waals surface area contributed by atoms with Gasteiger partial charge in [-0.25, -0.2) is 4.79 Å². The first-order valence-corrected chi connectivity index (χ1v) is 12.3. The van der Waals surface area contributed by atoms with Crippen molar-refractivity contribution in [3.63, 3.8) is 0 Å². The van der Waals surface area contributed by atoms with E-state index in [-0.39, 0.29) is 28.1 Å². The Morgan fingerprint density at radius 1 is 0.889 bits per heavy atom. The van der Waals surface area contributed by atoms with E-state index >= 15 is 0 Å². The fraction of sp³-hybridized carbons (Fsp3) is 0.120. The van der Waals surface area contributed by atoms with E-state index in [1.807, 2.05) is 0 Å². The highest BCUT2D eigenvalue weighted by atomic mass is 32.2. The molecule has 2 amide bonds. The number of hydrogen-bond donors (Lipinski definition) is 3. The second kappa shape index (κ2) is 10.4. The number of carbonyl (C=O) groups excluding carboxylic acids is 3. The molecule has 0 bridgehead atoms. The number of benzene rings is 3. The molecule has 10 nitrogen and oxygen atoms in total. The summed E-state index contributed by atoms with van der Waals surface area (Å²) in [5, 5.41) is 10.2. The number of nitrogens with two attached hydrogens (primary N) is 1. The Balaban J connectivity index is 2.08. The summed E-state index contributed by atoms with van der Waals surface area (Å²) >= 11 is 0. The highest BCUT2D eigenvalue weighted by molar-refractivity contribution is 7.86. The van der Waals surface area contributed by atoms with Gasteiger partial charge in [0.1, 0.15) is 5.84 Å². The van der Waals surface area contributed by atoms with Crippen molar-refractivity contribution in [1.29, 1.82) is 5.41 Å². The SMILES string of the molecule is CN(C)C(=O)c1ccc(-c2ccccc2C(=O)Nc2ccc(C(=N)N)cc2)c(C(=O)OS(C)(=O)=O)c1. The van der Waals surface area contributed by atoms with Crippen LogP contribution in [-0.4, -0.2) is 57.3 Å². The maximum atomic E-state index is 13.2. The number of amides is 2. The predicted octanol–water partition coefficient (Wildman–Crippen LogP) is 2.71. The van der Waals surface area contributed by atoms with Crippen LogP contribution in [-0.2, 0) is 14.3 Å². The normalized spacial score (nSPS) is 10.9. The average Bonchev–Trinajstić information content (AvgIpc) is 2.82. The first-order valence-electron chi connectivity index (χ1n) is 10.5. The molecule has 3 aromatic carbocycles. The number of nitrogens with zero attached hydrogens (tertiary/aromatic N) is 1. The molecular formula is C25H24N4O6S. The van der Waals surface area contributed by atoms with Crippen LogP contribution < -0.4 is 11.1 Å². The third kappa shape index (κ3) is 6.13. The number of nitrogen functional groups attached to an aromatic ring is 1.